The summed E-state index contributed by atoms with van der Waals surface area (Å²) in [5.74, 6) is 0.893. The number of aromatic amines is 1. The largest absolute Gasteiger partial charge is 0.443 e. The molecule has 3 heterocycles. The summed E-state index contributed by atoms with van der Waals surface area (Å²) in [7, 11) is 0. The number of H-pyrrole nitrogens is 1. The van der Waals surface area contributed by atoms with Gasteiger partial charge in [0.2, 0.25) is 5.89 Å². The molecule has 1 atom stereocenters. The van der Waals surface area contributed by atoms with Crippen LogP contribution in [0.4, 0.5) is 0 Å². The van der Waals surface area contributed by atoms with E-state index in [-0.39, 0.29) is 17.6 Å². The van der Waals surface area contributed by atoms with Gasteiger partial charge in [-0.05, 0) is 37.5 Å². The van der Waals surface area contributed by atoms with Crippen molar-refractivity contribution in [2.75, 3.05) is 6.54 Å². The molecule has 7 nitrogen and oxygen atoms in total. The average molecular weight is 399 g/mol. The van der Waals surface area contributed by atoms with E-state index in [1.54, 1.807) is 24.1 Å². The number of likely N-dealkylation sites (tertiary alicyclic amines) is 1. The number of rotatable bonds is 4. The van der Waals surface area contributed by atoms with Gasteiger partial charge in [-0.25, -0.2) is 9.78 Å². The second-order valence-corrected chi connectivity index (χ2v) is 7.25. The van der Waals surface area contributed by atoms with Crippen molar-refractivity contribution >= 4 is 17.5 Å². The molecule has 1 aromatic carbocycles. The number of hydrogen-bond donors (Lipinski definition) is 1. The lowest BCUT2D eigenvalue weighted by Crippen LogP contribution is -2.33. The zero-order valence-corrected chi connectivity index (χ0v) is 16.1. The molecule has 1 aliphatic rings. The van der Waals surface area contributed by atoms with Crippen molar-refractivity contribution in [3.63, 3.8) is 0 Å². The number of amides is 1. The molecule has 1 saturated heterocycles. The summed E-state index contributed by atoms with van der Waals surface area (Å²) in [4.78, 5) is 36.9. The van der Waals surface area contributed by atoms with E-state index in [4.69, 9.17) is 16.0 Å². The van der Waals surface area contributed by atoms with Crippen LogP contribution in [-0.4, -0.2) is 32.3 Å². The molecule has 1 amide bonds. The summed E-state index contributed by atoms with van der Waals surface area (Å²) in [6.45, 7) is 2.29. The molecule has 28 heavy (non-hydrogen) atoms. The Labute approximate surface area is 166 Å². The third kappa shape index (κ3) is 3.71. The van der Waals surface area contributed by atoms with Crippen molar-refractivity contribution in [2.24, 2.45) is 0 Å². The van der Waals surface area contributed by atoms with Crippen molar-refractivity contribution in [1.29, 1.82) is 0 Å². The Hall–Kier alpha value is -2.93. The molecule has 0 saturated carbocycles. The first-order valence-corrected chi connectivity index (χ1v) is 9.46. The summed E-state index contributed by atoms with van der Waals surface area (Å²) in [6.07, 6.45) is 3.79. The van der Waals surface area contributed by atoms with E-state index in [0.29, 0.717) is 35.3 Å². The smallest absolute Gasteiger partial charge is 0.345 e. The quantitative estimate of drug-likeness (QED) is 0.728. The lowest BCUT2D eigenvalue weighted by molar-refractivity contribution is 0.0708. The predicted octanol–water partition coefficient (Wildman–Crippen LogP) is 3.29. The van der Waals surface area contributed by atoms with Crippen LogP contribution in [0, 0.1) is 6.92 Å². The van der Waals surface area contributed by atoms with Gasteiger partial charge in [-0.2, -0.15) is 4.98 Å². The molecule has 0 spiro atoms. The Morgan fingerprint density at radius 1 is 1.39 bits per heavy atom. The van der Waals surface area contributed by atoms with Crippen molar-refractivity contribution in [2.45, 2.75) is 32.2 Å². The second-order valence-electron chi connectivity index (χ2n) is 6.84. The van der Waals surface area contributed by atoms with Crippen LogP contribution in [0.1, 0.15) is 52.3 Å². The maximum absolute atomic E-state index is 12.9. The number of aromatic nitrogens is 3. The molecule has 3 aromatic rings. The molecule has 1 fully saturated rings. The molecule has 0 bridgehead atoms. The fourth-order valence-corrected chi connectivity index (χ4v) is 3.69. The summed E-state index contributed by atoms with van der Waals surface area (Å²) in [6, 6.07) is 8.89. The lowest BCUT2D eigenvalue weighted by Gasteiger charge is -2.21. The van der Waals surface area contributed by atoms with Gasteiger partial charge in [0.1, 0.15) is 17.5 Å². The van der Waals surface area contributed by atoms with E-state index < -0.39 is 5.69 Å². The molecule has 2 aromatic heterocycles. The van der Waals surface area contributed by atoms with Crippen LogP contribution in [0.2, 0.25) is 5.02 Å². The number of hydrogen-bond acceptors (Lipinski definition) is 5. The van der Waals surface area contributed by atoms with Crippen LogP contribution in [0.15, 0.2) is 45.7 Å². The van der Waals surface area contributed by atoms with E-state index in [1.165, 1.54) is 0 Å². The second kappa shape index (κ2) is 7.59. The van der Waals surface area contributed by atoms with Crippen molar-refractivity contribution in [3.05, 3.63) is 80.6 Å². The Morgan fingerprint density at radius 3 is 3.00 bits per heavy atom. The standard InChI is InChI=1S/C20H19ClN4O3/c1-12-9-16(24-20(27)23-12)19(26)25-8-4-7-17(25)18-22-11-14(28-18)10-13-5-2-3-6-15(13)21/h2-3,5-6,9,11,17H,4,7-8,10H2,1H3,(H,23,24,27). The number of halogens is 1. The van der Waals surface area contributed by atoms with Crippen LogP contribution >= 0.6 is 11.6 Å². The molecule has 0 radical (unpaired) electrons. The lowest BCUT2D eigenvalue weighted by atomic mass is 10.1. The van der Waals surface area contributed by atoms with Crippen LogP contribution in [0.3, 0.4) is 0 Å². The van der Waals surface area contributed by atoms with Gasteiger partial charge in [0.25, 0.3) is 5.91 Å². The highest BCUT2D eigenvalue weighted by Crippen LogP contribution is 2.33. The molecule has 1 unspecified atom stereocenters. The fraction of sp³-hybridized carbons (Fsp3) is 0.300. The van der Waals surface area contributed by atoms with E-state index in [2.05, 4.69) is 15.0 Å². The van der Waals surface area contributed by atoms with Gasteiger partial charge < -0.3 is 14.3 Å². The average Bonchev–Trinajstić information content (AvgIpc) is 3.31. The van der Waals surface area contributed by atoms with Gasteiger partial charge in [-0.3, -0.25) is 4.79 Å². The monoisotopic (exact) mass is 398 g/mol. The molecule has 1 aliphatic heterocycles. The SMILES string of the molecule is Cc1cc(C(=O)N2CCCC2c2ncc(Cc3ccccc3Cl)o2)nc(=O)[nH]1. The van der Waals surface area contributed by atoms with E-state index in [1.807, 2.05) is 24.3 Å². The summed E-state index contributed by atoms with van der Waals surface area (Å²) < 4.78 is 5.94. The van der Waals surface area contributed by atoms with E-state index >= 15 is 0 Å². The third-order valence-electron chi connectivity index (χ3n) is 4.79. The molecule has 4 rings (SSSR count). The molecule has 144 valence electrons. The summed E-state index contributed by atoms with van der Waals surface area (Å²) in [5, 5.41) is 0.675. The zero-order chi connectivity index (χ0) is 19.7. The highest BCUT2D eigenvalue weighted by atomic mass is 35.5. The molecule has 0 aliphatic carbocycles. The zero-order valence-electron chi connectivity index (χ0n) is 15.3. The highest BCUT2D eigenvalue weighted by Gasteiger charge is 2.34. The topological polar surface area (TPSA) is 92.1 Å². The fourth-order valence-electron chi connectivity index (χ4n) is 3.49. The van der Waals surface area contributed by atoms with Gasteiger partial charge in [-0.15, -0.1) is 0 Å². The molecular weight excluding hydrogens is 380 g/mol. The maximum Gasteiger partial charge on any atom is 0.345 e. The van der Waals surface area contributed by atoms with Crippen LogP contribution < -0.4 is 5.69 Å². The first-order chi connectivity index (χ1) is 13.5. The van der Waals surface area contributed by atoms with Crippen molar-refractivity contribution < 1.29 is 9.21 Å². The Bertz CT molecular complexity index is 1080. The number of carbonyl (C=O) groups is 1. The number of oxazole rings is 1. The molecule has 8 heteroatoms. The number of aryl methyl sites for hydroxylation is 1. The molecular formula is C20H19ClN4O3. The minimum absolute atomic E-state index is 0.135. The predicted molar refractivity (Wildman–Crippen MR) is 103 cm³/mol. The van der Waals surface area contributed by atoms with Crippen molar-refractivity contribution in [1.82, 2.24) is 19.9 Å². The van der Waals surface area contributed by atoms with E-state index in [9.17, 15) is 9.59 Å². The van der Waals surface area contributed by atoms with Gasteiger partial charge in [0, 0.05) is 23.7 Å². The molecule has 1 N–H and O–H groups in total. The highest BCUT2D eigenvalue weighted by molar-refractivity contribution is 6.31. The van der Waals surface area contributed by atoms with Gasteiger partial charge >= 0.3 is 5.69 Å². The third-order valence-corrected chi connectivity index (χ3v) is 5.16. The van der Waals surface area contributed by atoms with Crippen LogP contribution in [0.5, 0.6) is 0 Å². The first kappa shape index (κ1) is 18.4. The number of nitrogens with zero attached hydrogens (tertiary/aromatic N) is 3. The normalized spacial score (nSPS) is 16.5. The van der Waals surface area contributed by atoms with Gasteiger partial charge in [0.05, 0.1) is 6.20 Å². The Kier molecular flexibility index (Phi) is 5.00. The first-order valence-electron chi connectivity index (χ1n) is 9.08. The number of benzene rings is 1. The van der Waals surface area contributed by atoms with Crippen LogP contribution in [0.25, 0.3) is 0 Å². The maximum atomic E-state index is 12.9. The number of carbonyl (C=O) groups excluding carboxylic acids is 1. The minimum atomic E-state index is -0.530. The Morgan fingerprint density at radius 2 is 2.21 bits per heavy atom. The van der Waals surface area contributed by atoms with Crippen LogP contribution in [-0.2, 0) is 6.42 Å². The van der Waals surface area contributed by atoms with Gasteiger partial charge in [-0.1, -0.05) is 29.8 Å². The summed E-state index contributed by atoms with van der Waals surface area (Å²) >= 11 is 6.22. The number of nitrogens with one attached hydrogen (secondary N) is 1. The van der Waals surface area contributed by atoms with E-state index in [0.717, 1.165) is 18.4 Å². The van der Waals surface area contributed by atoms with Gasteiger partial charge in [0.15, 0.2) is 0 Å². The Balaban J connectivity index is 1.55. The van der Waals surface area contributed by atoms with Crippen molar-refractivity contribution in [3.8, 4) is 0 Å². The minimum Gasteiger partial charge on any atom is -0.443 e. The summed E-state index contributed by atoms with van der Waals surface area (Å²) in [5.41, 5.74) is 1.15.